The van der Waals surface area contributed by atoms with Gasteiger partial charge in [0.2, 0.25) is 0 Å². The van der Waals surface area contributed by atoms with Crippen LogP contribution in [0.25, 0.3) is 0 Å². The van der Waals surface area contributed by atoms with Crippen molar-refractivity contribution >= 4 is 23.4 Å². The predicted molar refractivity (Wildman–Crippen MR) is 106 cm³/mol. The SMILES string of the molecule is CC(C)(Oc1ccccc1Cl)C(=O)NC1CCCc2cc(C(=O)NO)ccc21. The van der Waals surface area contributed by atoms with Crippen LogP contribution in [0, 0.1) is 0 Å². The molecule has 148 valence electrons. The van der Waals surface area contributed by atoms with E-state index in [0.29, 0.717) is 16.3 Å². The predicted octanol–water partition coefficient (Wildman–Crippen LogP) is 3.81. The third-order valence-electron chi connectivity index (χ3n) is 4.87. The van der Waals surface area contributed by atoms with Crippen LogP contribution < -0.4 is 15.5 Å². The van der Waals surface area contributed by atoms with Gasteiger partial charge < -0.3 is 10.1 Å². The van der Waals surface area contributed by atoms with Gasteiger partial charge in [0.25, 0.3) is 11.8 Å². The molecule has 1 atom stereocenters. The second-order valence-corrected chi connectivity index (χ2v) is 7.72. The van der Waals surface area contributed by atoms with E-state index in [0.717, 1.165) is 30.4 Å². The maximum absolute atomic E-state index is 12.9. The number of nitrogens with one attached hydrogen (secondary N) is 2. The van der Waals surface area contributed by atoms with Crippen LogP contribution in [0.2, 0.25) is 5.02 Å². The summed E-state index contributed by atoms with van der Waals surface area (Å²) in [5.74, 6) is -0.348. The lowest BCUT2D eigenvalue weighted by molar-refractivity contribution is -0.135. The Morgan fingerprint density at radius 1 is 1.21 bits per heavy atom. The molecule has 7 heteroatoms. The van der Waals surface area contributed by atoms with Crippen molar-refractivity contribution in [3.63, 3.8) is 0 Å². The third-order valence-corrected chi connectivity index (χ3v) is 5.19. The molecule has 0 saturated heterocycles. The van der Waals surface area contributed by atoms with Crippen molar-refractivity contribution < 1.29 is 19.5 Å². The van der Waals surface area contributed by atoms with Gasteiger partial charge in [-0.2, -0.15) is 0 Å². The van der Waals surface area contributed by atoms with E-state index >= 15 is 0 Å². The van der Waals surface area contributed by atoms with E-state index in [-0.39, 0.29) is 11.9 Å². The molecule has 1 aliphatic carbocycles. The van der Waals surface area contributed by atoms with Crippen LogP contribution in [0.4, 0.5) is 0 Å². The highest BCUT2D eigenvalue weighted by Gasteiger charge is 2.33. The number of aryl methyl sites for hydroxylation is 1. The summed E-state index contributed by atoms with van der Waals surface area (Å²) < 4.78 is 5.86. The number of carbonyl (C=O) groups is 2. The lowest BCUT2D eigenvalue weighted by Gasteiger charge is -2.31. The summed E-state index contributed by atoms with van der Waals surface area (Å²) in [6.45, 7) is 3.40. The zero-order valence-electron chi connectivity index (χ0n) is 15.8. The summed E-state index contributed by atoms with van der Waals surface area (Å²) in [6, 6.07) is 12.1. The van der Waals surface area contributed by atoms with E-state index in [1.54, 1.807) is 55.7 Å². The monoisotopic (exact) mass is 402 g/mol. The second-order valence-electron chi connectivity index (χ2n) is 7.32. The Morgan fingerprint density at radius 2 is 1.96 bits per heavy atom. The van der Waals surface area contributed by atoms with Gasteiger partial charge in [0, 0.05) is 5.56 Å². The first-order valence-corrected chi connectivity index (χ1v) is 9.51. The van der Waals surface area contributed by atoms with Gasteiger partial charge in [0.1, 0.15) is 5.75 Å². The summed E-state index contributed by atoms with van der Waals surface area (Å²) in [6.07, 6.45) is 2.49. The van der Waals surface area contributed by atoms with Crippen LogP contribution >= 0.6 is 11.6 Å². The van der Waals surface area contributed by atoms with E-state index in [1.807, 2.05) is 6.07 Å². The lowest BCUT2D eigenvalue weighted by atomic mass is 9.86. The van der Waals surface area contributed by atoms with Crippen LogP contribution in [0.1, 0.15) is 54.2 Å². The minimum Gasteiger partial charge on any atom is -0.476 e. The summed E-state index contributed by atoms with van der Waals surface area (Å²) in [5, 5.41) is 12.3. The fraction of sp³-hybridized carbons (Fsp3) is 0.333. The Kier molecular flexibility index (Phi) is 5.91. The molecule has 28 heavy (non-hydrogen) atoms. The Balaban J connectivity index is 1.76. The highest BCUT2D eigenvalue weighted by Crippen LogP contribution is 2.32. The zero-order valence-corrected chi connectivity index (χ0v) is 16.5. The maximum atomic E-state index is 12.9. The van der Waals surface area contributed by atoms with Gasteiger partial charge in [-0.3, -0.25) is 14.8 Å². The van der Waals surface area contributed by atoms with Gasteiger partial charge >= 0.3 is 0 Å². The molecule has 0 radical (unpaired) electrons. The standard InChI is InChI=1S/C21H23ClN2O4/c1-21(2,28-18-9-4-3-7-16(18)22)20(26)23-17-8-5-6-13-12-14(19(25)24-27)10-11-15(13)17/h3-4,7,9-12,17,27H,5-6,8H2,1-2H3,(H,23,26)(H,24,25). The van der Waals surface area contributed by atoms with Crippen LogP contribution in [0.5, 0.6) is 5.75 Å². The molecule has 3 rings (SSSR count). The molecule has 6 nitrogen and oxygen atoms in total. The van der Waals surface area contributed by atoms with Gasteiger partial charge in [-0.25, -0.2) is 5.48 Å². The highest BCUT2D eigenvalue weighted by atomic mass is 35.5. The highest BCUT2D eigenvalue weighted by molar-refractivity contribution is 6.32. The van der Waals surface area contributed by atoms with Crippen molar-refractivity contribution in [3.8, 4) is 5.75 Å². The lowest BCUT2D eigenvalue weighted by Crippen LogP contribution is -2.48. The van der Waals surface area contributed by atoms with Crippen LogP contribution in [-0.2, 0) is 11.2 Å². The van der Waals surface area contributed by atoms with E-state index in [1.165, 1.54) is 0 Å². The van der Waals surface area contributed by atoms with Crippen molar-refractivity contribution in [2.24, 2.45) is 0 Å². The molecule has 1 aliphatic rings. The number of rotatable bonds is 5. The Morgan fingerprint density at radius 3 is 2.68 bits per heavy atom. The van der Waals surface area contributed by atoms with Gasteiger partial charge in [-0.05, 0) is 68.5 Å². The normalized spacial score (nSPS) is 16.1. The number of ether oxygens (including phenoxy) is 1. The molecule has 2 aromatic carbocycles. The molecule has 1 unspecified atom stereocenters. The quantitative estimate of drug-likeness (QED) is 0.524. The van der Waals surface area contributed by atoms with Crippen LogP contribution in [0.3, 0.4) is 0 Å². The number of hydroxylamine groups is 1. The first-order chi connectivity index (χ1) is 13.3. The summed E-state index contributed by atoms with van der Waals surface area (Å²) >= 11 is 6.14. The molecule has 0 fully saturated rings. The number of halogens is 1. The van der Waals surface area contributed by atoms with Gasteiger partial charge in [-0.1, -0.05) is 29.8 Å². The summed E-state index contributed by atoms with van der Waals surface area (Å²) in [5.41, 5.74) is 2.88. The number of carbonyl (C=O) groups excluding carboxylic acids is 2. The number of hydrogen-bond acceptors (Lipinski definition) is 4. The molecule has 0 bridgehead atoms. The average Bonchev–Trinajstić information content (AvgIpc) is 2.68. The molecular formula is C21H23ClN2O4. The fourth-order valence-corrected chi connectivity index (χ4v) is 3.53. The van der Waals surface area contributed by atoms with E-state index in [2.05, 4.69) is 5.32 Å². The molecule has 0 heterocycles. The first-order valence-electron chi connectivity index (χ1n) is 9.13. The summed E-state index contributed by atoms with van der Waals surface area (Å²) in [4.78, 5) is 24.5. The van der Waals surface area contributed by atoms with Crippen LogP contribution in [-0.4, -0.2) is 22.6 Å². The van der Waals surface area contributed by atoms with Gasteiger partial charge in [-0.15, -0.1) is 0 Å². The van der Waals surface area contributed by atoms with Crippen LogP contribution in [0.15, 0.2) is 42.5 Å². The van der Waals surface area contributed by atoms with E-state index in [9.17, 15) is 9.59 Å². The third kappa shape index (κ3) is 4.29. The second kappa shape index (κ2) is 8.20. The van der Waals surface area contributed by atoms with Crippen molar-refractivity contribution in [1.29, 1.82) is 0 Å². The van der Waals surface area contributed by atoms with Crippen molar-refractivity contribution in [2.75, 3.05) is 0 Å². The first kappa shape index (κ1) is 20.2. The number of fused-ring (bicyclic) bond motifs is 1. The van der Waals surface area contributed by atoms with Crippen molar-refractivity contribution in [3.05, 3.63) is 64.2 Å². The number of para-hydroxylation sites is 1. The zero-order chi connectivity index (χ0) is 20.3. The van der Waals surface area contributed by atoms with Gasteiger partial charge in [0.15, 0.2) is 5.60 Å². The molecule has 2 aromatic rings. The molecule has 2 amide bonds. The maximum Gasteiger partial charge on any atom is 0.274 e. The van der Waals surface area contributed by atoms with Crippen molar-refractivity contribution in [2.45, 2.75) is 44.8 Å². The van der Waals surface area contributed by atoms with E-state index in [4.69, 9.17) is 21.5 Å². The molecule has 0 saturated carbocycles. The number of amides is 2. The molecule has 3 N–H and O–H groups in total. The number of hydrogen-bond donors (Lipinski definition) is 3. The summed E-state index contributed by atoms with van der Waals surface area (Å²) in [7, 11) is 0. The Labute approximate surface area is 168 Å². The average molecular weight is 403 g/mol. The topological polar surface area (TPSA) is 87.7 Å². The number of benzene rings is 2. The minimum atomic E-state index is -1.11. The Bertz CT molecular complexity index is 898. The van der Waals surface area contributed by atoms with Gasteiger partial charge in [0.05, 0.1) is 11.1 Å². The molecule has 0 aromatic heterocycles. The van der Waals surface area contributed by atoms with Crippen molar-refractivity contribution in [1.82, 2.24) is 10.8 Å². The van der Waals surface area contributed by atoms with E-state index < -0.39 is 11.5 Å². The Hall–Kier alpha value is -2.57. The fourth-order valence-electron chi connectivity index (χ4n) is 3.35. The smallest absolute Gasteiger partial charge is 0.274 e. The largest absolute Gasteiger partial charge is 0.476 e. The molecule has 0 aliphatic heterocycles. The molecular weight excluding hydrogens is 380 g/mol. The molecule has 0 spiro atoms. The minimum absolute atomic E-state index is 0.170.